The van der Waals surface area contributed by atoms with Gasteiger partial charge >= 0.3 is 14.7 Å². The largest absolute Gasteiger partial charge is 0.348 e. The second-order valence-corrected chi connectivity index (χ2v) is 1.79. The zero-order valence-corrected chi connectivity index (χ0v) is 7.60. The Morgan fingerprint density at radius 2 is 2.27 bits per heavy atom. The van der Waals surface area contributed by atoms with E-state index in [2.05, 4.69) is 27.3 Å². The third kappa shape index (κ3) is 26.3. The molecule has 0 saturated heterocycles. The molecule has 0 rings (SSSR count). The van der Waals surface area contributed by atoms with Crippen LogP contribution in [-0.2, 0) is 18.2 Å². The maximum atomic E-state index is 9.46. The first kappa shape index (κ1) is 13.2. The van der Waals surface area contributed by atoms with Crippen LogP contribution in [0.1, 0.15) is 6.92 Å². The lowest BCUT2D eigenvalue weighted by molar-refractivity contribution is -0.131. The molecule has 6 heteroatoms. The minimum Gasteiger partial charge on any atom is -0.348 e. The van der Waals surface area contributed by atoms with Crippen molar-refractivity contribution in [3.8, 4) is 0 Å². The van der Waals surface area contributed by atoms with E-state index in [0.29, 0.717) is 6.61 Å². The summed E-state index contributed by atoms with van der Waals surface area (Å²) in [7, 11) is -0.276. The number of halogens is 1. The third-order valence-corrected chi connectivity index (χ3v) is 0.826. The number of rotatable bonds is 3. The average molecular weight is 199 g/mol. The predicted octanol–water partition coefficient (Wildman–Crippen LogP) is 2.10. The molecular formula is C5H8ClO4P. The van der Waals surface area contributed by atoms with Gasteiger partial charge in [-0.25, -0.2) is 4.57 Å². The van der Waals surface area contributed by atoms with Crippen molar-refractivity contribution in [1.29, 1.82) is 0 Å². The fraction of sp³-hybridized carbons (Fsp3) is 0.400. The molecule has 0 N–H and O–H groups in total. The van der Waals surface area contributed by atoms with Gasteiger partial charge in [-0.3, -0.25) is 9.32 Å². The summed E-state index contributed by atoms with van der Waals surface area (Å²) in [5, 5.41) is 0. The zero-order chi connectivity index (χ0) is 9.11. The number of carbonyl (C=O) groups is 1. The van der Waals surface area contributed by atoms with Crippen molar-refractivity contribution < 1.29 is 18.2 Å². The highest BCUT2D eigenvalue weighted by molar-refractivity contribution is 7.17. The van der Waals surface area contributed by atoms with Crippen molar-refractivity contribution in [2.75, 3.05) is 6.61 Å². The Balaban J connectivity index is 0. The van der Waals surface area contributed by atoms with Gasteiger partial charge in [0.2, 0.25) is 0 Å². The van der Waals surface area contributed by atoms with E-state index < -0.39 is 5.97 Å². The Hall–Kier alpha value is -0.440. The summed E-state index contributed by atoms with van der Waals surface area (Å²) < 4.78 is 17.3. The van der Waals surface area contributed by atoms with Crippen LogP contribution in [0.4, 0.5) is 0 Å². The predicted molar refractivity (Wildman–Crippen MR) is 41.4 cm³/mol. The SMILES string of the molecule is C=CCOP=O.CC(=O)OCl. The summed E-state index contributed by atoms with van der Waals surface area (Å²) in [4.78, 5) is 9.46. The number of carbonyl (C=O) groups excluding carboxylic acids is 1. The van der Waals surface area contributed by atoms with Crippen LogP contribution >= 0.6 is 20.6 Å². The van der Waals surface area contributed by atoms with E-state index in [9.17, 15) is 9.36 Å². The van der Waals surface area contributed by atoms with Crippen molar-refractivity contribution in [3.63, 3.8) is 0 Å². The molecule has 0 bridgehead atoms. The summed E-state index contributed by atoms with van der Waals surface area (Å²) >= 11 is 4.49. The molecule has 0 unspecified atom stereocenters. The van der Waals surface area contributed by atoms with Gasteiger partial charge in [-0.05, 0) is 0 Å². The van der Waals surface area contributed by atoms with Crippen LogP contribution in [0, 0.1) is 0 Å². The van der Waals surface area contributed by atoms with E-state index in [1.165, 1.54) is 13.0 Å². The van der Waals surface area contributed by atoms with E-state index in [1.54, 1.807) is 0 Å². The van der Waals surface area contributed by atoms with E-state index >= 15 is 0 Å². The van der Waals surface area contributed by atoms with Gasteiger partial charge in [0, 0.05) is 6.92 Å². The number of hydrogen-bond donors (Lipinski definition) is 0. The van der Waals surface area contributed by atoms with Crippen LogP contribution in [0.2, 0.25) is 0 Å². The first-order chi connectivity index (χ1) is 5.18. The minimum atomic E-state index is -0.480. The maximum Gasteiger partial charge on any atom is 0.327 e. The fourth-order valence-electron chi connectivity index (χ4n) is 0.0831. The summed E-state index contributed by atoms with van der Waals surface area (Å²) in [5.41, 5.74) is 0. The average Bonchev–Trinajstić information content (AvgIpc) is 2.02. The molecule has 0 aromatic rings. The van der Waals surface area contributed by atoms with Gasteiger partial charge in [0.1, 0.15) is 11.9 Å². The lowest BCUT2D eigenvalue weighted by Gasteiger charge is -1.76. The highest BCUT2D eigenvalue weighted by atomic mass is 35.5. The van der Waals surface area contributed by atoms with Crippen LogP contribution in [0.15, 0.2) is 12.7 Å². The molecule has 0 aromatic carbocycles. The van der Waals surface area contributed by atoms with E-state index in [0.717, 1.165) is 0 Å². The molecule has 0 atom stereocenters. The highest BCUT2D eigenvalue weighted by Crippen LogP contribution is 1.90. The Morgan fingerprint density at radius 3 is 2.36 bits per heavy atom. The van der Waals surface area contributed by atoms with Crippen molar-refractivity contribution in [2.24, 2.45) is 0 Å². The van der Waals surface area contributed by atoms with Crippen LogP contribution in [-0.4, -0.2) is 12.6 Å². The molecule has 0 amide bonds. The first-order valence-electron chi connectivity index (χ1n) is 2.53. The van der Waals surface area contributed by atoms with Crippen LogP contribution in [0.5, 0.6) is 0 Å². The maximum absolute atomic E-state index is 9.46. The minimum absolute atomic E-state index is 0.276. The Morgan fingerprint density at radius 1 is 1.82 bits per heavy atom. The monoisotopic (exact) mass is 198 g/mol. The molecule has 0 aliphatic rings. The molecule has 0 aliphatic carbocycles. The second kappa shape index (κ2) is 12.3. The molecule has 0 fully saturated rings. The fourth-order valence-corrected chi connectivity index (χ4v) is 0.249. The van der Waals surface area contributed by atoms with Crippen molar-refractivity contribution in [3.05, 3.63) is 12.7 Å². The van der Waals surface area contributed by atoms with Gasteiger partial charge in [0.15, 0.2) is 0 Å². The summed E-state index contributed by atoms with van der Waals surface area (Å²) in [6.07, 6.45) is 1.53. The van der Waals surface area contributed by atoms with Gasteiger partial charge in [0.25, 0.3) is 0 Å². The third-order valence-electron chi connectivity index (χ3n) is 0.354. The summed E-state index contributed by atoms with van der Waals surface area (Å²) in [5.74, 6) is -0.480. The van der Waals surface area contributed by atoms with Crippen LogP contribution in [0.3, 0.4) is 0 Å². The van der Waals surface area contributed by atoms with Crippen LogP contribution in [0.25, 0.3) is 0 Å². The van der Waals surface area contributed by atoms with Gasteiger partial charge < -0.3 is 4.29 Å². The molecular weight excluding hydrogens is 190 g/mol. The Labute approximate surface area is 71.6 Å². The Bertz CT molecular complexity index is 120. The van der Waals surface area contributed by atoms with Crippen LogP contribution < -0.4 is 0 Å². The van der Waals surface area contributed by atoms with Crippen molar-refractivity contribution in [1.82, 2.24) is 0 Å². The van der Waals surface area contributed by atoms with E-state index in [4.69, 9.17) is 0 Å². The topological polar surface area (TPSA) is 52.6 Å². The first-order valence-corrected chi connectivity index (χ1v) is 3.57. The smallest absolute Gasteiger partial charge is 0.327 e. The quantitative estimate of drug-likeness (QED) is 0.396. The zero-order valence-electron chi connectivity index (χ0n) is 5.95. The number of hydrogen-bond acceptors (Lipinski definition) is 4. The van der Waals surface area contributed by atoms with Gasteiger partial charge in [-0.15, -0.1) is 6.58 Å². The van der Waals surface area contributed by atoms with Gasteiger partial charge in [0.05, 0.1) is 6.61 Å². The standard InChI is InChI=1S/C3H5O2P.C2H3ClO2/c1-2-3-5-6-4;1-2(4)5-3/h2H,1,3H2;1H3. The Kier molecular flexibility index (Phi) is 14.7. The van der Waals surface area contributed by atoms with Crippen molar-refractivity contribution >= 4 is 26.5 Å². The molecule has 11 heavy (non-hydrogen) atoms. The molecule has 0 heterocycles. The molecule has 0 saturated carbocycles. The second-order valence-electron chi connectivity index (χ2n) is 1.23. The van der Waals surface area contributed by atoms with Gasteiger partial charge in [-0.2, -0.15) is 0 Å². The van der Waals surface area contributed by atoms with Gasteiger partial charge in [-0.1, -0.05) is 6.08 Å². The molecule has 0 spiro atoms. The molecule has 0 radical (unpaired) electrons. The summed E-state index contributed by atoms with van der Waals surface area (Å²) in [6, 6.07) is 0. The lowest BCUT2D eigenvalue weighted by atomic mass is 10.7. The van der Waals surface area contributed by atoms with E-state index in [1.807, 2.05) is 0 Å². The normalized spacial score (nSPS) is 7.82. The van der Waals surface area contributed by atoms with E-state index in [-0.39, 0.29) is 8.69 Å². The molecule has 64 valence electrons. The molecule has 0 aromatic heterocycles. The molecule has 0 aliphatic heterocycles. The highest BCUT2D eigenvalue weighted by Gasteiger charge is 1.79. The van der Waals surface area contributed by atoms with Crippen molar-refractivity contribution in [2.45, 2.75) is 6.92 Å². The lowest BCUT2D eigenvalue weighted by Crippen LogP contribution is -1.82. The molecule has 4 nitrogen and oxygen atoms in total. The summed E-state index contributed by atoms with van der Waals surface area (Å²) in [6.45, 7) is 4.91.